The van der Waals surface area contributed by atoms with Crippen LogP contribution in [-0.4, -0.2) is 37.0 Å². The van der Waals surface area contributed by atoms with Crippen molar-refractivity contribution >= 4 is 5.91 Å². The second-order valence-corrected chi connectivity index (χ2v) is 8.14. The van der Waals surface area contributed by atoms with Crippen LogP contribution in [0, 0.1) is 0 Å². The molecule has 0 unspecified atom stereocenters. The maximum Gasteiger partial charge on any atom is 0.258 e. The van der Waals surface area contributed by atoms with Crippen molar-refractivity contribution in [2.45, 2.75) is 45.1 Å². The number of nitrogens with zero attached hydrogens (tertiary/aromatic N) is 1. The zero-order valence-electron chi connectivity index (χ0n) is 16.5. The summed E-state index contributed by atoms with van der Waals surface area (Å²) in [5, 5.41) is 2.99. The molecule has 0 spiro atoms. The summed E-state index contributed by atoms with van der Waals surface area (Å²) in [4.78, 5) is 14.6. The van der Waals surface area contributed by atoms with Crippen molar-refractivity contribution in [3.63, 3.8) is 0 Å². The van der Waals surface area contributed by atoms with E-state index >= 15 is 0 Å². The number of ether oxygens (including phenoxy) is 1. The van der Waals surface area contributed by atoms with E-state index in [0.29, 0.717) is 12.3 Å². The molecular formula is C22H30N2O3. The SMILES string of the molecule is CC(C)(C)c1ccc(OCC(=O)NC[C@H](c2ccco2)N2CCCC2)cc1. The minimum Gasteiger partial charge on any atom is -0.484 e. The lowest BCUT2D eigenvalue weighted by Gasteiger charge is -2.26. The first kappa shape index (κ1) is 19.5. The molecular weight excluding hydrogens is 340 g/mol. The molecule has 0 aliphatic carbocycles. The molecule has 27 heavy (non-hydrogen) atoms. The van der Waals surface area contributed by atoms with Crippen molar-refractivity contribution in [2.24, 2.45) is 0 Å². The summed E-state index contributed by atoms with van der Waals surface area (Å²) in [6, 6.07) is 11.9. The number of nitrogens with one attached hydrogen (secondary N) is 1. The minimum absolute atomic E-state index is 0.0136. The molecule has 1 amide bonds. The molecule has 0 bridgehead atoms. The smallest absolute Gasteiger partial charge is 0.258 e. The Balaban J connectivity index is 1.49. The van der Waals surface area contributed by atoms with Gasteiger partial charge < -0.3 is 14.5 Å². The van der Waals surface area contributed by atoms with Gasteiger partial charge in [0.05, 0.1) is 12.3 Å². The van der Waals surface area contributed by atoms with E-state index in [1.165, 1.54) is 18.4 Å². The zero-order chi connectivity index (χ0) is 19.3. The summed E-state index contributed by atoms with van der Waals surface area (Å²) in [6.45, 7) is 9.14. The van der Waals surface area contributed by atoms with E-state index in [-0.39, 0.29) is 24.0 Å². The van der Waals surface area contributed by atoms with Gasteiger partial charge in [-0.3, -0.25) is 9.69 Å². The van der Waals surface area contributed by atoms with Gasteiger partial charge in [0.1, 0.15) is 11.5 Å². The Labute approximate surface area is 161 Å². The molecule has 1 aromatic carbocycles. The van der Waals surface area contributed by atoms with Gasteiger partial charge >= 0.3 is 0 Å². The van der Waals surface area contributed by atoms with Gasteiger partial charge in [-0.1, -0.05) is 32.9 Å². The lowest BCUT2D eigenvalue weighted by atomic mass is 9.87. The predicted molar refractivity (Wildman–Crippen MR) is 106 cm³/mol. The van der Waals surface area contributed by atoms with Crippen LogP contribution in [0.5, 0.6) is 5.75 Å². The summed E-state index contributed by atoms with van der Waals surface area (Å²) < 4.78 is 11.2. The van der Waals surface area contributed by atoms with Gasteiger partial charge in [0, 0.05) is 6.54 Å². The molecule has 3 rings (SSSR count). The van der Waals surface area contributed by atoms with Crippen LogP contribution < -0.4 is 10.1 Å². The van der Waals surface area contributed by atoms with Crippen LogP contribution in [-0.2, 0) is 10.2 Å². The highest BCUT2D eigenvalue weighted by Crippen LogP contribution is 2.25. The van der Waals surface area contributed by atoms with Crippen molar-refractivity contribution in [1.29, 1.82) is 0 Å². The molecule has 1 N–H and O–H groups in total. The van der Waals surface area contributed by atoms with E-state index < -0.39 is 0 Å². The Morgan fingerprint density at radius 2 is 1.89 bits per heavy atom. The number of carbonyl (C=O) groups excluding carboxylic acids is 1. The number of amides is 1. The third-order valence-corrected chi connectivity index (χ3v) is 5.04. The van der Waals surface area contributed by atoms with Crippen LogP contribution in [0.4, 0.5) is 0 Å². The van der Waals surface area contributed by atoms with Crippen LogP contribution in [0.25, 0.3) is 0 Å². The fourth-order valence-electron chi connectivity index (χ4n) is 3.41. The van der Waals surface area contributed by atoms with Gasteiger partial charge in [-0.15, -0.1) is 0 Å². The fraction of sp³-hybridized carbons (Fsp3) is 0.500. The summed E-state index contributed by atoms with van der Waals surface area (Å²) in [5.41, 5.74) is 1.35. The van der Waals surface area contributed by atoms with Gasteiger partial charge in [-0.25, -0.2) is 0 Å². The van der Waals surface area contributed by atoms with Crippen molar-refractivity contribution in [3.05, 3.63) is 54.0 Å². The third-order valence-electron chi connectivity index (χ3n) is 5.04. The molecule has 1 fully saturated rings. The van der Waals surface area contributed by atoms with Crippen LogP contribution in [0.2, 0.25) is 0 Å². The number of carbonyl (C=O) groups is 1. The molecule has 5 heteroatoms. The number of likely N-dealkylation sites (tertiary alicyclic amines) is 1. The van der Waals surface area contributed by atoms with Crippen LogP contribution >= 0.6 is 0 Å². The molecule has 1 aliphatic heterocycles. The molecule has 1 atom stereocenters. The maximum atomic E-state index is 12.2. The molecule has 1 aromatic heterocycles. The Hall–Kier alpha value is -2.27. The minimum atomic E-state index is -0.120. The van der Waals surface area contributed by atoms with Gasteiger partial charge in [0.25, 0.3) is 5.91 Å². The van der Waals surface area contributed by atoms with Crippen molar-refractivity contribution in [2.75, 3.05) is 26.2 Å². The van der Waals surface area contributed by atoms with Crippen molar-refractivity contribution in [3.8, 4) is 5.75 Å². The standard InChI is InChI=1S/C22H30N2O3/c1-22(2,3)17-8-10-18(11-9-17)27-16-21(25)23-15-19(20-7-6-14-26-20)24-12-4-5-13-24/h6-11,14,19H,4-5,12-13,15-16H2,1-3H3,(H,23,25)/t19-/m1/s1. The monoisotopic (exact) mass is 370 g/mol. The second kappa shape index (κ2) is 8.61. The average molecular weight is 370 g/mol. The third kappa shape index (κ3) is 5.36. The number of hydrogen-bond donors (Lipinski definition) is 1. The number of hydrogen-bond acceptors (Lipinski definition) is 4. The van der Waals surface area contributed by atoms with Gasteiger partial charge in [-0.2, -0.15) is 0 Å². The zero-order valence-corrected chi connectivity index (χ0v) is 16.5. The predicted octanol–water partition coefficient (Wildman–Crippen LogP) is 3.91. The number of rotatable bonds is 7. The summed E-state index contributed by atoms with van der Waals surface area (Å²) in [6.07, 6.45) is 4.07. The van der Waals surface area contributed by atoms with Crippen molar-refractivity contribution in [1.82, 2.24) is 10.2 Å². The van der Waals surface area contributed by atoms with E-state index in [9.17, 15) is 4.79 Å². The largest absolute Gasteiger partial charge is 0.484 e. The molecule has 146 valence electrons. The lowest BCUT2D eigenvalue weighted by molar-refractivity contribution is -0.123. The average Bonchev–Trinajstić information content (AvgIpc) is 3.34. The molecule has 1 saturated heterocycles. The lowest BCUT2D eigenvalue weighted by Crippen LogP contribution is -2.38. The highest BCUT2D eigenvalue weighted by atomic mass is 16.5. The topological polar surface area (TPSA) is 54.7 Å². The van der Waals surface area contributed by atoms with E-state index in [2.05, 4.69) is 31.0 Å². The van der Waals surface area contributed by atoms with Gasteiger partial charge in [-0.05, 0) is 61.2 Å². The van der Waals surface area contributed by atoms with E-state index in [0.717, 1.165) is 18.8 Å². The first-order valence-electron chi connectivity index (χ1n) is 9.71. The molecule has 0 radical (unpaired) electrons. The highest BCUT2D eigenvalue weighted by Gasteiger charge is 2.25. The first-order valence-corrected chi connectivity index (χ1v) is 9.71. The molecule has 2 heterocycles. The molecule has 0 saturated carbocycles. The van der Waals surface area contributed by atoms with E-state index in [4.69, 9.17) is 9.15 Å². The first-order chi connectivity index (χ1) is 12.9. The maximum absolute atomic E-state index is 12.2. The summed E-state index contributed by atoms with van der Waals surface area (Å²) in [5.74, 6) is 1.49. The molecule has 5 nitrogen and oxygen atoms in total. The van der Waals surface area contributed by atoms with Gasteiger partial charge in [0.2, 0.25) is 0 Å². The Bertz CT molecular complexity index is 711. The number of benzene rings is 1. The van der Waals surface area contributed by atoms with E-state index in [1.54, 1.807) is 6.26 Å². The van der Waals surface area contributed by atoms with Crippen LogP contribution in [0.1, 0.15) is 51.0 Å². The summed E-state index contributed by atoms with van der Waals surface area (Å²) >= 11 is 0. The number of furan rings is 1. The quantitative estimate of drug-likeness (QED) is 0.803. The van der Waals surface area contributed by atoms with Crippen molar-refractivity contribution < 1.29 is 13.9 Å². The molecule has 2 aromatic rings. The Kier molecular flexibility index (Phi) is 6.22. The normalized spacial score (nSPS) is 16.3. The van der Waals surface area contributed by atoms with Crippen LogP contribution in [0.3, 0.4) is 0 Å². The highest BCUT2D eigenvalue weighted by molar-refractivity contribution is 5.77. The fourth-order valence-corrected chi connectivity index (χ4v) is 3.41. The second-order valence-electron chi connectivity index (χ2n) is 8.14. The Morgan fingerprint density at radius 1 is 1.19 bits per heavy atom. The van der Waals surface area contributed by atoms with E-state index in [1.807, 2.05) is 36.4 Å². The summed E-state index contributed by atoms with van der Waals surface area (Å²) in [7, 11) is 0. The Morgan fingerprint density at radius 3 is 2.48 bits per heavy atom. The van der Waals surface area contributed by atoms with Crippen LogP contribution in [0.15, 0.2) is 47.1 Å². The van der Waals surface area contributed by atoms with Gasteiger partial charge in [0.15, 0.2) is 6.61 Å². The molecule has 1 aliphatic rings.